The Balaban J connectivity index is 2.09. The summed E-state index contributed by atoms with van der Waals surface area (Å²) in [5.41, 5.74) is 0. The van der Waals surface area contributed by atoms with E-state index in [1.165, 1.54) is 0 Å². The van der Waals surface area contributed by atoms with Gasteiger partial charge in [0.05, 0.1) is 12.7 Å². The highest BCUT2D eigenvalue weighted by atomic mass is 16.5. The van der Waals surface area contributed by atoms with Gasteiger partial charge in [-0.25, -0.2) is 0 Å². The second-order valence-electron chi connectivity index (χ2n) is 4.02. The second-order valence-corrected chi connectivity index (χ2v) is 4.02. The fourth-order valence-corrected chi connectivity index (χ4v) is 1.99. The van der Waals surface area contributed by atoms with Gasteiger partial charge in [0.25, 0.3) is 0 Å². The smallest absolute Gasteiger partial charge is 0.305 e. The molecule has 0 amide bonds. The minimum Gasteiger partial charge on any atom is -0.466 e. The molecule has 82 valence electrons. The minimum atomic E-state index is -0.103. The lowest BCUT2D eigenvalue weighted by Crippen LogP contribution is -2.19. The van der Waals surface area contributed by atoms with Crippen LogP contribution in [0.15, 0.2) is 0 Å². The zero-order chi connectivity index (χ0) is 10.4. The first-order valence-electron chi connectivity index (χ1n) is 5.56. The van der Waals surface area contributed by atoms with Crippen molar-refractivity contribution in [1.82, 2.24) is 0 Å². The van der Waals surface area contributed by atoms with Crippen LogP contribution in [0.1, 0.15) is 45.4 Å². The van der Waals surface area contributed by atoms with Gasteiger partial charge in [0.15, 0.2) is 0 Å². The standard InChI is InChI=1S/C11H20O3/c1-2-14-11(13)8-5-9-3-6-10(12)7-4-9/h9-10,12H,2-8H2,1H3. The molecule has 0 radical (unpaired) electrons. The molecule has 0 saturated heterocycles. The number of carbonyl (C=O) groups excluding carboxylic acids is 1. The molecule has 1 saturated carbocycles. The van der Waals surface area contributed by atoms with Crippen LogP contribution in [-0.2, 0) is 9.53 Å². The van der Waals surface area contributed by atoms with Crippen molar-refractivity contribution < 1.29 is 14.6 Å². The Morgan fingerprint density at radius 2 is 2.00 bits per heavy atom. The molecule has 3 heteroatoms. The molecule has 0 heterocycles. The van der Waals surface area contributed by atoms with E-state index in [0.717, 1.165) is 32.1 Å². The quantitative estimate of drug-likeness (QED) is 0.705. The maximum absolute atomic E-state index is 11.1. The van der Waals surface area contributed by atoms with Crippen molar-refractivity contribution in [1.29, 1.82) is 0 Å². The van der Waals surface area contributed by atoms with Gasteiger partial charge in [-0.3, -0.25) is 4.79 Å². The van der Waals surface area contributed by atoms with Gasteiger partial charge >= 0.3 is 5.97 Å². The first-order valence-corrected chi connectivity index (χ1v) is 5.56. The van der Waals surface area contributed by atoms with E-state index in [0.29, 0.717) is 18.9 Å². The highest BCUT2D eigenvalue weighted by Gasteiger charge is 2.19. The number of carbonyl (C=O) groups is 1. The van der Waals surface area contributed by atoms with E-state index in [2.05, 4.69) is 0 Å². The number of rotatable bonds is 4. The topological polar surface area (TPSA) is 46.5 Å². The number of ether oxygens (including phenoxy) is 1. The van der Waals surface area contributed by atoms with Gasteiger partial charge in [0.2, 0.25) is 0 Å². The second kappa shape index (κ2) is 6.02. The van der Waals surface area contributed by atoms with Crippen LogP contribution in [-0.4, -0.2) is 23.8 Å². The molecule has 1 fully saturated rings. The van der Waals surface area contributed by atoms with Gasteiger partial charge in [0.1, 0.15) is 0 Å². The average Bonchev–Trinajstić information content (AvgIpc) is 2.17. The molecule has 1 rings (SSSR count). The molecule has 0 aromatic heterocycles. The third kappa shape index (κ3) is 4.09. The number of hydrogen-bond donors (Lipinski definition) is 1. The number of aliphatic hydroxyl groups is 1. The zero-order valence-corrected chi connectivity index (χ0v) is 8.87. The van der Waals surface area contributed by atoms with Crippen molar-refractivity contribution in [3.8, 4) is 0 Å². The van der Waals surface area contributed by atoms with E-state index in [9.17, 15) is 9.90 Å². The van der Waals surface area contributed by atoms with Crippen LogP contribution < -0.4 is 0 Å². The van der Waals surface area contributed by atoms with Crippen molar-refractivity contribution in [3.63, 3.8) is 0 Å². The number of aliphatic hydroxyl groups excluding tert-OH is 1. The van der Waals surface area contributed by atoms with E-state index >= 15 is 0 Å². The van der Waals surface area contributed by atoms with Gasteiger partial charge in [-0.15, -0.1) is 0 Å². The van der Waals surface area contributed by atoms with Crippen molar-refractivity contribution in [2.45, 2.75) is 51.6 Å². The molecule has 14 heavy (non-hydrogen) atoms. The van der Waals surface area contributed by atoms with Gasteiger partial charge in [-0.05, 0) is 44.9 Å². The monoisotopic (exact) mass is 200 g/mol. The Kier molecular flexibility index (Phi) is 4.94. The number of hydrogen-bond acceptors (Lipinski definition) is 3. The van der Waals surface area contributed by atoms with Crippen LogP contribution in [0.4, 0.5) is 0 Å². The third-order valence-corrected chi connectivity index (χ3v) is 2.88. The molecule has 0 aromatic rings. The molecule has 0 bridgehead atoms. The average molecular weight is 200 g/mol. The fourth-order valence-electron chi connectivity index (χ4n) is 1.99. The van der Waals surface area contributed by atoms with Crippen molar-refractivity contribution >= 4 is 5.97 Å². The summed E-state index contributed by atoms with van der Waals surface area (Å²) in [7, 11) is 0. The Labute approximate surface area is 85.5 Å². The van der Waals surface area contributed by atoms with E-state index in [4.69, 9.17) is 4.74 Å². The van der Waals surface area contributed by atoms with E-state index < -0.39 is 0 Å². The summed E-state index contributed by atoms with van der Waals surface area (Å²) in [5, 5.41) is 9.30. The summed E-state index contributed by atoms with van der Waals surface area (Å²) in [6.07, 6.45) is 5.26. The zero-order valence-electron chi connectivity index (χ0n) is 8.87. The molecule has 0 spiro atoms. The Hall–Kier alpha value is -0.570. The van der Waals surface area contributed by atoms with Gasteiger partial charge in [0, 0.05) is 6.42 Å². The lowest BCUT2D eigenvalue weighted by Gasteiger charge is -2.24. The van der Waals surface area contributed by atoms with E-state index in [-0.39, 0.29) is 12.1 Å². The molecule has 0 aliphatic heterocycles. The summed E-state index contributed by atoms with van der Waals surface area (Å²) < 4.78 is 4.87. The van der Waals surface area contributed by atoms with Gasteiger partial charge in [-0.1, -0.05) is 0 Å². The third-order valence-electron chi connectivity index (χ3n) is 2.88. The lowest BCUT2D eigenvalue weighted by atomic mass is 9.85. The minimum absolute atomic E-state index is 0.0846. The Morgan fingerprint density at radius 1 is 1.36 bits per heavy atom. The first-order chi connectivity index (χ1) is 6.72. The highest BCUT2D eigenvalue weighted by Crippen LogP contribution is 2.27. The molecule has 3 nitrogen and oxygen atoms in total. The van der Waals surface area contributed by atoms with Gasteiger partial charge in [-0.2, -0.15) is 0 Å². The molecule has 1 aliphatic carbocycles. The lowest BCUT2D eigenvalue weighted by molar-refractivity contribution is -0.143. The van der Waals surface area contributed by atoms with Crippen LogP contribution in [0.2, 0.25) is 0 Å². The van der Waals surface area contributed by atoms with Crippen LogP contribution in [0.25, 0.3) is 0 Å². The van der Waals surface area contributed by atoms with Crippen molar-refractivity contribution in [3.05, 3.63) is 0 Å². The first kappa shape index (κ1) is 11.5. The molecular formula is C11H20O3. The summed E-state index contributed by atoms with van der Waals surface area (Å²) in [5.74, 6) is 0.529. The maximum Gasteiger partial charge on any atom is 0.305 e. The van der Waals surface area contributed by atoms with Crippen LogP contribution in [0.5, 0.6) is 0 Å². The van der Waals surface area contributed by atoms with Crippen LogP contribution >= 0.6 is 0 Å². The Bertz CT molecular complexity index is 171. The fraction of sp³-hybridized carbons (Fsp3) is 0.909. The molecule has 0 atom stereocenters. The molecule has 1 aliphatic rings. The van der Waals surface area contributed by atoms with E-state index in [1.54, 1.807) is 0 Å². The predicted octanol–water partition coefficient (Wildman–Crippen LogP) is 1.88. The maximum atomic E-state index is 11.1. The summed E-state index contributed by atoms with van der Waals surface area (Å²) in [6, 6.07) is 0. The molecule has 1 N–H and O–H groups in total. The summed E-state index contributed by atoms with van der Waals surface area (Å²) in [6.45, 7) is 2.30. The van der Waals surface area contributed by atoms with Gasteiger partial charge < -0.3 is 9.84 Å². The normalized spacial score (nSPS) is 27.3. The summed E-state index contributed by atoms with van der Waals surface area (Å²) >= 11 is 0. The molecule has 0 aromatic carbocycles. The van der Waals surface area contributed by atoms with E-state index in [1.807, 2.05) is 6.92 Å². The SMILES string of the molecule is CCOC(=O)CCC1CCC(O)CC1. The molecule has 0 unspecified atom stereocenters. The predicted molar refractivity (Wildman–Crippen MR) is 53.8 cm³/mol. The van der Waals surface area contributed by atoms with Crippen LogP contribution in [0, 0.1) is 5.92 Å². The highest BCUT2D eigenvalue weighted by molar-refractivity contribution is 5.69. The van der Waals surface area contributed by atoms with Crippen molar-refractivity contribution in [2.24, 2.45) is 5.92 Å². The van der Waals surface area contributed by atoms with Crippen LogP contribution in [0.3, 0.4) is 0 Å². The van der Waals surface area contributed by atoms with Crippen molar-refractivity contribution in [2.75, 3.05) is 6.61 Å². The molecular weight excluding hydrogens is 180 g/mol. The summed E-state index contributed by atoms with van der Waals surface area (Å²) in [4.78, 5) is 11.1. The number of esters is 1. The Morgan fingerprint density at radius 3 is 2.57 bits per heavy atom. The largest absolute Gasteiger partial charge is 0.466 e.